The van der Waals surface area contributed by atoms with Gasteiger partial charge in [0, 0.05) is 18.1 Å². The molecule has 70 valence electrons. The maximum atomic E-state index is 9.60. The molecule has 4 heteroatoms. The highest BCUT2D eigenvalue weighted by Crippen LogP contribution is 2.36. The van der Waals surface area contributed by atoms with Gasteiger partial charge in [0.05, 0.1) is 23.4 Å². The van der Waals surface area contributed by atoms with Crippen molar-refractivity contribution in [3.8, 4) is 5.75 Å². The molecule has 1 aromatic rings. The zero-order valence-electron chi connectivity index (χ0n) is 6.96. The van der Waals surface area contributed by atoms with Crippen LogP contribution >= 0.6 is 11.6 Å². The van der Waals surface area contributed by atoms with Gasteiger partial charge in [-0.3, -0.25) is 0 Å². The first kappa shape index (κ1) is 8.66. The Bertz CT molecular complexity index is 341. The van der Waals surface area contributed by atoms with Crippen LogP contribution in [0, 0.1) is 0 Å². The van der Waals surface area contributed by atoms with Crippen LogP contribution in [0.2, 0.25) is 5.02 Å². The van der Waals surface area contributed by atoms with Gasteiger partial charge in [0.15, 0.2) is 0 Å². The molecular weight excluding hydrogens is 190 g/mol. The Labute approximate surface area is 81.1 Å². The minimum Gasteiger partial charge on any atom is -0.493 e. The summed E-state index contributed by atoms with van der Waals surface area (Å²) >= 11 is 5.82. The summed E-state index contributed by atoms with van der Waals surface area (Å²) in [5.41, 5.74) is 6.80. The van der Waals surface area contributed by atoms with Gasteiger partial charge >= 0.3 is 0 Å². The molecular formula is C9H10ClNO2. The lowest BCUT2D eigenvalue weighted by atomic mass is 10.0. The van der Waals surface area contributed by atoms with Crippen molar-refractivity contribution in [3.63, 3.8) is 0 Å². The van der Waals surface area contributed by atoms with Crippen molar-refractivity contribution in [1.82, 2.24) is 0 Å². The summed E-state index contributed by atoms with van der Waals surface area (Å²) in [5, 5.41) is 10.1. The second-order valence-electron chi connectivity index (χ2n) is 3.06. The molecule has 0 fully saturated rings. The molecule has 3 N–H and O–H groups in total. The summed E-state index contributed by atoms with van der Waals surface area (Å²) in [5.74, 6) is 0.639. The minimum absolute atomic E-state index is 0.461. The van der Waals surface area contributed by atoms with E-state index in [1.807, 2.05) is 0 Å². The molecule has 0 bridgehead atoms. The molecule has 1 aliphatic heterocycles. The number of fused-ring (bicyclic) bond motifs is 1. The number of aliphatic hydroxyl groups excluding tert-OH is 1. The lowest BCUT2D eigenvalue weighted by Gasteiger charge is -2.22. The van der Waals surface area contributed by atoms with Gasteiger partial charge in [-0.2, -0.15) is 0 Å². The molecule has 0 aromatic heterocycles. The maximum Gasteiger partial charge on any atom is 0.127 e. The Morgan fingerprint density at radius 1 is 1.54 bits per heavy atom. The molecule has 1 unspecified atom stereocenters. The van der Waals surface area contributed by atoms with Gasteiger partial charge in [-0.05, 0) is 6.07 Å². The molecule has 1 heterocycles. The average molecular weight is 200 g/mol. The van der Waals surface area contributed by atoms with Crippen LogP contribution in [0.5, 0.6) is 5.75 Å². The molecule has 0 spiro atoms. The van der Waals surface area contributed by atoms with Crippen molar-refractivity contribution < 1.29 is 9.84 Å². The predicted molar refractivity (Wildman–Crippen MR) is 50.9 cm³/mol. The van der Waals surface area contributed by atoms with Crippen molar-refractivity contribution >= 4 is 17.3 Å². The molecule has 0 saturated heterocycles. The zero-order valence-corrected chi connectivity index (χ0v) is 7.71. The Kier molecular flexibility index (Phi) is 2.06. The largest absolute Gasteiger partial charge is 0.493 e. The van der Waals surface area contributed by atoms with Crippen LogP contribution in [0.15, 0.2) is 12.1 Å². The molecule has 13 heavy (non-hydrogen) atoms. The Morgan fingerprint density at radius 2 is 2.31 bits per heavy atom. The van der Waals surface area contributed by atoms with Crippen LogP contribution < -0.4 is 10.5 Å². The van der Waals surface area contributed by atoms with E-state index < -0.39 is 6.10 Å². The molecule has 1 aliphatic rings. The average Bonchev–Trinajstić information content (AvgIpc) is 2.09. The molecule has 2 rings (SSSR count). The highest BCUT2D eigenvalue weighted by molar-refractivity contribution is 6.33. The number of halogens is 1. The fraction of sp³-hybridized carbons (Fsp3) is 0.333. The topological polar surface area (TPSA) is 55.5 Å². The smallest absolute Gasteiger partial charge is 0.127 e. The third kappa shape index (κ3) is 1.45. The monoisotopic (exact) mass is 199 g/mol. The summed E-state index contributed by atoms with van der Waals surface area (Å²) in [6.45, 7) is 0.523. The zero-order chi connectivity index (χ0) is 9.42. The van der Waals surface area contributed by atoms with E-state index in [0.717, 1.165) is 5.56 Å². The fourth-order valence-electron chi connectivity index (χ4n) is 1.41. The normalized spacial score (nSPS) is 20.6. The number of hydrogen-bond donors (Lipinski definition) is 2. The van der Waals surface area contributed by atoms with Gasteiger partial charge < -0.3 is 15.6 Å². The number of benzene rings is 1. The Balaban J connectivity index is 2.52. The van der Waals surface area contributed by atoms with Crippen LogP contribution in [-0.2, 0) is 0 Å². The minimum atomic E-state index is -0.484. The van der Waals surface area contributed by atoms with Gasteiger partial charge in [-0.1, -0.05) is 11.6 Å². The maximum absolute atomic E-state index is 9.60. The summed E-state index contributed by atoms with van der Waals surface area (Å²) in [6.07, 6.45) is 0.120. The van der Waals surface area contributed by atoms with E-state index >= 15 is 0 Å². The molecule has 0 aliphatic carbocycles. The van der Waals surface area contributed by atoms with Crippen LogP contribution in [0.3, 0.4) is 0 Å². The van der Waals surface area contributed by atoms with Crippen molar-refractivity contribution in [2.24, 2.45) is 0 Å². The first-order chi connectivity index (χ1) is 6.18. The van der Waals surface area contributed by atoms with Gasteiger partial charge in [0.1, 0.15) is 5.75 Å². The third-order valence-electron chi connectivity index (χ3n) is 2.14. The van der Waals surface area contributed by atoms with E-state index in [1.165, 1.54) is 0 Å². The second kappa shape index (κ2) is 3.09. The van der Waals surface area contributed by atoms with Crippen LogP contribution in [0.4, 0.5) is 5.69 Å². The summed E-state index contributed by atoms with van der Waals surface area (Å²) < 4.78 is 5.33. The van der Waals surface area contributed by atoms with E-state index in [9.17, 15) is 5.11 Å². The van der Waals surface area contributed by atoms with E-state index in [2.05, 4.69) is 0 Å². The molecule has 1 atom stereocenters. The summed E-state index contributed by atoms with van der Waals surface area (Å²) in [7, 11) is 0. The van der Waals surface area contributed by atoms with E-state index in [4.69, 9.17) is 22.1 Å². The van der Waals surface area contributed by atoms with Crippen LogP contribution in [0.25, 0.3) is 0 Å². The van der Waals surface area contributed by atoms with Crippen LogP contribution in [-0.4, -0.2) is 11.7 Å². The first-order valence-corrected chi connectivity index (χ1v) is 4.46. The van der Waals surface area contributed by atoms with Gasteiger partial charge in [0.2, 0.25) is 0 Å². The van der Waals surface area contributed by atoms with E-state index in [1.54, 1.807) is 12.1 Å². The number of nitrogens with two attached hydrogens (primary N) is 1. The van der Waals surface area contributed by atoms with Gasteiger partial charge in [-0.15, -0.1) is 0 Å². The number of hydrogen-bond acceptors (Lipinski definition) is 3. The molecule has 0 saturated carbocycles. The third-order valence-corrected chi connectivity index (χ3v) is 2.46. The van der Waals surface area contributed by atoms with Crippen LogP contribution in [0.1, 0.15) is 18.1 Å². The predicted octanol–water partition coefficient (Wildman–Crippen LogP) is 1.74. The standard InChI is InChI=1S/C9H10ClNO2/c10-6-3-5-8(12)1-2-13-9(5)4-7(6)11/h3-4,8,12H,1-2,11H2. The van der Waals surface area contributed by atoms with Crippen molar-refractivity contribution in [1.29, 1.82) is 0 Å². The highest BCUT2D eigenvalue weighted by atomic mass is 35.5. The quantitative estimate of drug-likeness (QED) is 0.626. The van der Waals surface area contributed by atoms with E-state index in [0.29, 0.717) is 29.5 Å². The SMILES string of the molecule is Nc1cc2c(cc1Cl)C(O)CCO2. The van der Waals surface area contributed by atoms with Gasteiger partial charge in [-0.25, -0.2) is 0 Å². The highest BCUT2D eigenvalue weighted by Gasteiger charge is 2.20. The molecule has 0 radical (unpaired) electrons. The van der Waals surface area contributed by atoms with Gasteiger partial charge in [0.25, 0.3) is 0 Å². The fourth-order valence-corrected chi connectivity index (χ4v) is 1.58. The first-order valence-electron chi connectivity index (χ1n) is 4.08. The van der Waals surface area contributed by atoms with Crippen molar-refractivity contribution in [2.45, 2.75) is 12.5 Å². The lowest BCUT2D eigenvalue weighted by molar-refractivity contribution is 0.115. The summed E-state index contributed by atoms with van der Waals surface area (Å²) in [6, 6.07) is 3.32. The second-order valence-corrected chi connectivity index (χ2v) is 3.47. The van der Waals surface area contributed by atoms with E-state index in [-0.39, 0.29) is 0 Å². The number of aliphatic hydroxyl groups is 1. The Hall–Kier alpha value is -0.930. The number of nitrogen functional groups attached to an aromatic ring is 1. The lowest BCUT2D eigenvalue weighted by Crippen LogP contribution is -2.14. The molecule has 0 amide bonds. The Morgan fingerprint density at radius 3 is 3.08 bits per heavy atom. The molecule has 3 nitrogen and oxygen atoms in total. The number of ether oxygens (including phenoxy) is 1. The summed E-state index contributed by atoms with van der Waals surface area (Å²) in [4.78, 5) is 0. The van der Waals surface area contributed by atoms with Crippen molar-refractivity contribution in [3.05, 3.63) is 22.7 Å². The molecule has 1 aromatic carbocycles. The number of rotatable bonds is 0. The number of anilines is 1. The van der Waals surface area contributed by atoms with Crippen molar-refractivity contribution in [2.75, 3.05) is 12.3 Å².